The highest BCUT2D eigenvalue weighted by Crippen LogP contribution is 2.22. The van der Waals surface area contributed by atoms with E-state index in [0.29, 0.717) is 22.7 Å². The number of fused-ring (bicyclic) bond motifs is 1. The zero-order valence-electron chi connectivity index (χ0n) is 17.5. The lowest BCUT2D eigenvalue weighted by Crippen LogP contribution is -2.31. The van der Waals surface area contributed by atoms with E-state index in [4.69, 9.17) is 24.7 Å². The largest absolute Gasteiger partial charge is 0.465 e. The second kappa shape index (κ2) is 12.1. The molecule has 0 spiro atoms. The van der Waals surface area contributed by atoms with E-state index in [0.717, 1.165) is 0 Å². The van der Waals surface area contributed by atoms with Crippen molar-refractivity contribution in [3.05, 3.63) is 12.7 Å². The number of nitrogens with two attached hydrogens (primary N) is 1. The zero-order chi connectivity index (χ0) is 22.8. The van der Waals surface area contributed by atoms with Crippen molar-refractivity contribution in [2.45, 2.75) is 33.1 Å². The molecule has 0 fully saturated rings. The van der Waals surface area contributed by atoms with Crippen LogP contribution in [0.5, 0.6) is 0 Å². The Morgan fingerprint density at radius 1 is 1.03 bits per heavy atom. The highest BCUT2D eigenvalue weighted by Gasteiger charge is 2.24. The van der Waals surface area contributed by atoms with Crippen LogP contribution in [0.3, 0.4) is 0 Å². The summed E-state index contributed by atoms with van der Waals surface area (Å²) in [4.78, 5) is 45.8. The van der Waals surface area contributed by atoms with Gasteiger partial charge in [0, 0.05) is 32.3 Å². The minimum atomic E-state index is -0.808. The van der Waals surface area contributed by atoms with Gasteiger partial charge in [0.1, 0.15) is 37.8 Å². The third-order valence-electron chi connectivity index (χ3n) is 3.79. The predicted molar refractivity (Wildman–Crippen MR) is 111 cm³/mol. The summed E-state index contributed by atoms with van der Waals surface area (Å²) in [6, 6.07) is 0. The quantitative estimate of drug-likeness (QED) is 0.272. The molecule has 2 aromatic rings. The summed E-state index contributed by atoms with van der Waals surface area (Å²) < 4.78 is 22.8. The van der Waals surface area contributed by atoms with Crippen molar-refractivity contribution in [2.24, 2.45) is 0 Å². The lowest BCUT2D eigenvalue weighted by molar-refractivity contribution is -0.157. The summed E-state index contributed by atoms with van der Waals surface area (Å²) in [5.41, 5.74) is 6.62. The van der Waals surface area contributed by atoms with Crippen molar-refractivity contribution in [2.75, 3.05) is 37.1 Å². The molecule has 170 valence electrons. The topological polar surface area (TPSA) is 158 Å². The Labute approximate surface area is 182 Å². The number of thioether (sulfide) groups is 1. The van der Waals surface area contributed by atoms with Crippen LogP contribution in [0.25, 0.3) is 11.2 Å². The van der Waals surface area contributed by atoms with Crippen molar-refractivity contribution in [3.63, 3.8) is 0 Å². The molecule has 2 rings (SSSR count). The molecule has 0 saturated heterocycles. The van der Waals surface area contributed by atoms with Gasteiger partial charge < -0.3 is 24.7 Å². The van der Waals surface area contributed by atoms with Crippen LogP contribution in [0.1, 0.15) is 27.0 Å². The van der Waals surface area contributed by atoms with Crippen LogP contribution >= 0.6 is 11.8 Å². The van der Waals surface area contributed by atoms with E-state index in [1.165, 1.54) is 45.2 Å². The van der Waals surface area contributed by atoms with Crippen molar-refractivity contribution >= 4 is 46.7 Å². The number of imidazole rings is 1. The van der Waals surface area contributed by atoms with E-state index in [1.807, 2.05) is 0 Å². The maximum absolute atomic E-state index is 11.4. The number of hydrogen-bond acceptors (Lipinski definition) is 12. The number of anilines is 1. The minimum absolute atomic E-state index is 0.0176. The Morgan fingerprint density at radius 3 is 2.39 bits per heavy atom. The van der Waals surface area contributed by atoms with E-state index in [1.54, 1.807) is 4.57 Å². The number of nitrogens with zero attached hydrogens (tertiary/aromatic N) is 4. The fraction of sp³-hybridized carbons (Fsp3) is 0.556. The Balaban J connectivity index is 2.15. The van der Waals surface area contributed by atoms with E-state index >= 15 is 0 Å². The van der Waals surface area contributed by atoms with Crippen LogP contribution < -0.4 is 5.73 Å². The molecule has 13 heteroatoms. The van der Waals surface area contributed by atoms with E-state index < -0.39 is 24.3 Å². The highest BCUT2D eigenvalue weighted by atomic mass is 32.2. The molecule has 0 radical (unpaired) electrons. The molecule has 0 saturated carbocycles. The van der Waals surface area contributed by atoms with Gasteiger partial charge in [0.2, 0.25) is 0 Å². The Kier molecular flexibility index (Phi) is 9.46. The van der Waals surface area contributed by atoms with Gasteiger partial charge in [-0.1, -0.05) is 0 Å². The van der Waals surface area contributed by atoms with Crippen molar-refractivity contribution < 1.29 is 33.3 Å². The summed E-state index contributed by atoms with van der Waals surface area (Å²) in [6.07, 6.45) is 1.39. The molecular weight excluding hydrogens is 430 g/mol. The normalized spacial score (nSPS) is 12.9. The fourth-order valence-corrected chi connectivity index (χ4v) is 3.28. The van der Waals surface area contributed by atoms with Gasteiger partial charge in [-0.2, -0.15) is 11.8 Å². The van der Waals surface area contributed by atoms with Crippen molar-refractivity contribution in [1.82, 2.24) is 19.5 Å². The van der Waals surface area contributed by atoms with Gasteiger partial charge in [0.25, 0.3) is 0 Å². The summed E-state index contributed by atoms with van der Waals surface area (Å²) in [5, 5.41) is 0. The minimum Gasteiger partial charge on any atom is -0.465 e. The molecule has 0 bridgehead atoms. The number of hydrogen-bond donors (Lipinski definition) is 1. The Morgan fingerprint density at radius 2 is 1.71 bits per heavy atom. The van der Waals surface area contributed by atoms with Gasteiger partial charge in [0.05, 0.1) is 6.33 Å². The molecule has 0 amide bonds. The molecule has 2 heterocycles. The van der Waals surface area contributed by atoms with Crippen LogP contribution in [0.15, 0.2) is 12.7 Å². The first-order valence-electron chi connectivity index (χ1n) is 9.34. The number of nitrogen functional groups attached to an aromatic ring is 1. The van der Waals surface area contributed by atoms with Crippen LogP contribution in [0.4, 0.5) is 5.82 Å². The Bertz CT molecular complexity index is 907. The lowest BCUT2D eigenvalue weighted by atomic mass is 10.4. The number of aromatic nitrogens is 4. The molecule has 0 aliphatic heterocycles. The molecule has 0 aliphatic carbocycles. The Hall–Kier alpha value is -2.93. The fourth-order valence-electron chi connectivity index (χ4n) is 2.47. The second-order valence-electron chi connectivity index (χ2n) is 6.32. The van der Waals surface area contributed by atoms with Gasteiger partial charge in [-0.3, -0.25) is 19.0 Å². The third-order valence-corrected chi connectivity index (χ3v) is 4.85. The molecule has 0 aliphatic rings. The molecule has 2 N–H and O–H groups in total. The predicted octanol–water partition coefficient (Wildman–Crippen LogP) is 0.715. The van der Waals surface area contributed by atoms with Crippen molar-refractivity contribution in [1.29, 1.82) is 0 Å². The van der Waals surface area contributed by atoms with Crippen LogP contribution in [-0.4, -0.2) is 74.9 Å². The molecule has 2 atom stereocenters. The van der Waals surface area contributed by atoms with E-state index in [-0.39, 0.29) is 31.6 Å². The van der Waals surface area contributed by atoms with E-state index in [2.05, 4.69) is 15.0 Å². The standard InChI is InChI=1S/C18H25N5O7S/c1-11(24)27-4-5-31-8-14(6-28-12(2)25)30-15(7-29-13(3)26)23-10-22-16-17(19)20-9-21-18(16)23/h9-10,14-15H,4-8H2,1-3H3,(H2,19,20,21)/t14-,15+/m0/s1. The summed E-state index contributed by atoms with van der Waals surface area (Å²) >= 11 is 1.45. The summed E-state index contributed by atoms with van der Waals surface area (Å²) in [7, 11) is 0. The number of rotatable bonds is 12. The number of ether oxygens (including phenoxy) is 4. The molecule has 31 heavy (non-hydrogen) atoms. The van der Waals surface area contributed by atoms with Gasteiger partial charge in [-0.05, 0) is 0 Å². The maximum atomic E-state index is 11.4. The SMILES string of the molecule is CC(=O)OCCSC[C@H](COC(C)=O)O[C@H](COC(C)=O)n1cnc2c(N)ncnc21. The van der Waals surface area contributed by atoms with Crippen molar-refractivity contribution in [3.8, 4) is 0 Å². The van der Waals surface area contributed by atoms with Crippen LogP contribution in [-0.2, 0) is 33.3 Å². The van der Waals surface area contributed by atoms with Gasteiger partial charge >= 0.3 is 17.9 Å². The first-order valence-corrected chi connectivity index (χ1v) is 10.5. The lowest BCUT2D eigenvalue weighted by Gasteiger charge is -2.25. The summed E-state index contributed by atoms with van der Waals surface area (Å²) in [6.45, 7) is 4.02. The molecule has 2 aromatic heterocycles. The molecule has 0 unspecified atom stereocenters. The number of carbonyl (C=O) groups is 3. The number of carbonyl (C=O) groups excluding carboxylic acids is 3. The maximum Gasteiger partial charge on any atom is 0.302 e. The molecule has 0 aromatic carbocycles. The van der Waals surface area contributed by atoms with Gasteiger partial charge in [0.15, 0.2) is 17.7 Å². The zero-order valence-corrected chi connectivity index (χ0v) is 18.3. The smallest absolute Gasteiger partial charge is 0.302 e. The van der Waals surface area contributed by atoms with Gasteiger partial charge in [-0.15, -0.1) is 0 Å². The highest BCUT2D eigenvalue weighted by molar-refractivity contribution is 7.99. The van der Waals surface area contributed by atoms with Crippen LogP contribution in [0, 0.1) is 0 Å². The summed E-state index contributed by atoms with van der Waals surface area (Å²) in [5.74, 6) is -0.139. The van der Waals surface area contributed by atoms with Gasteiger partial charge in [-0.25, -0.2) is 15.0 Å². The van der Waals surface area contributed by atoms with E-state index in [9.17, 15) is 14.4 Å². The van der Waals surface area contributed by atoms with Crippen LogP contribution in [0.2, 0.25) is 0 Å². The first kappa shape index (κ1) is 24.3. The number of esters is 3. The average molecular weight is 455 g/mol. The average Bonchev–Trinajstić information content (AvgIpc) is 3.13. The molecule has 12 nitrogen and oxygen atoms in total. The molecular formula is C18H25N5O7S. The third kappa shape index (κ3) is 8.02. The second-order valence-corrected chi connectivity index (χ2v) is 7.47. The first-order chi connectivity index (χ1) is 14.8. The monoisotopic (exact) mass is 455 g/mol.